The van der Waals surface area contributed by atoms with Gasteiger partial charge in [-0.05, 0) is 12.1 Å². The van der Waals surface area contributed by atoms with Crippen LogP contribution in [0.2, 0.25) is 0 Å². The highest BCUT2D eigenvalue weighted by Crippen LogP contribution is 2.23. The number of benzene rings is 1. The van der Waals surface area contributed by atoms with E-state index in [1.54, 1.807) is 18.2 Å². The zero-order chi connectivity index (χ0) is 12.1. The molecule has 0 atom stereocenters. The number of aromatic nitrogens is 3. The Morgan fingerprint density at radius 3 is 3.00 bits per heavy atom. The summed E-state index contributed by atoms with van der Waals surface area (Å²) < 4.78 is 5.12. The first-order chi connectivity index (χ1) is 8.25. The third-order valence-electron chi connectivity index (χ3n) is 1.90. The van der Waals surface area contributed by atoms with Crippen LogP contribution in [0.3, 0.4) is 0 Å². The molecule has 0 aliphatic carbocycles. The molecule has 0 bridgehead atoms. The molecule has 0 aliphatic rings. The van der Waals surface area contributed by atoms with E-state index in [4.69, 9.17) is 4.74 Å². The maximum absolute atomic E-state index is 11.4. The summed E-state index contributed by atoms with van der Waals surface area (Å²) in [6.07, 6.45) is 1.28. The van der Waals surface area contributed by atoms with Gasteiger partial charge in [0.05, 0.1) is 0 Å². The topological polar surface area (TPSA) is 100 Å². The Balaban J connectivity index is 1.86. The molecule has 3 N–H and O–H groups in total. The lowest BCUT2D eigenvalue weighted by Crippen LogP contribution is -2.20. The van der Waals surface area contributed by atoms with Crippen LogP contribution in [0, 0.1) is 0 Å². The van der Waals surface area contributed by atoms with Crippen LogP contribution in [0.5, 0.6) is 11.5 Å². The van der Waals surface area contributed by atoms with E-state index in [2.05, 4.69) is 20.5 Å². The van der Waals surface area contributed by atoms with Crippen LogP contribution in [0.15, 0.2) is 30.6 Å². The average Bonchev–Trinajstić information content (AvgIpc) is 2.81. The summed E-state index contributed by atoms with van der Waals surface area (Å²) in [6.45, 7) is -0.224. The number of carbonyl (C=O) groups excluding carboxylic acids is 1. The number of H-pyrrole nitrogens is 1. The molecule has 1 heterocycles. The molecule has 1 aromatic heterocycles. The number of aromatic amines is 1. The van der Waals surface area contributed by atoms with Crippen molar-refractivity contribution in [3.8, 4) is 11.5 Å². The van der Waals surface area contributed by atoms with Gasteiger partial charge < -0.3 is 9.84 Å². The van der Waals surface area contributed by atoms with Crippen molar-refractivity contribution in [2.45, 2.75) is 0 Å². The average molecular weight is 234 g/mol. The largest absolute Gasteiger partial charge is 0.504 e. The smallest absolute Gasteiger partial charge is 0.264 e. The Morgan fingerprint density at radius 2 is 2.29 bits per heavy atom. The Hall–Kier alpha value is -2.57. The molecule has 7 nitrogen and oxygen atoms in total. The highest BCUT2D eigenvalue weighted by atomic mass is 16.5. The maximum Gasteiger partial charge on any atom is 0.264 e. The molecule has 88 valence electrons. The molecule has 0 saturated heterocycles. The molecular formula is C10H10N4O3. The summed E-state index contributed by atoms with van der Waals surface area (Å²) >= 11 is 0. The van der Waals surface area contributed by atoms with Crippen LogP contribution in [-0.4, -0.2) is 32.8 Å². The number of rotatable bonds is 4. The minimum Gasteiger partial charge on any atom is -0.504 e. The molecule has 1 aromatic carbocycles. The molecule has 0 unspecified atom stereocenters. The number of amides is 1. The van der Waals surface area contributed by atoms with Crippen LogP contribution in [0.1, 0.15) is 0 Å². The third-order valence-corrected chi connectivity index (χ3v) is 1.90. The Kier molecular flexibility index (Phi) is 3.20. The first-order valence-electron chi connectivity index (χ1n) is 4.82. The number of hydrogen-bond donors (Lipinski definition) is 3. The molecule has 1 amide bonds. The van der Waals surface area contributed by atoms with Crippen molar-refractivity contribution in [2.75, 3.05) is 11.9 Å². The van der Waals surface area contributed by atoms with Gasteiger partial charge in [-0.1, -0.05) is 12.1 Å². The number of nitrogens with zero attached hydrogens (tertiary/aromatic N) is 2. The molecule has 7 heteroatoms. The lowest BCUT2D eigenvalue weighted by molar-refractivity contribution is -0.118. The van der Waals surface area contributed by atoms with E-state index in [1.165, 1.54) is 12.4 Å². The Morgan fingerprint density at radius 1 is 1.47 bits per heavy atom. The quantitative estimate of drug-likeness (QED) is 0.716. The Labute approximate surface area is 96.5 Å². The highest BCUT2D eigenvalue weighted by molar-refractivity contribution is 5.90. The summed E-state index contributed by atoms with van der Waals surface area (Å²) in [6, 6.07) is 6.40. The number of phenolic OH excluding ortho intramolecular Hbond substituents is 1. The highest BCUT2D eigenvalue weighted by Gasteiger charge is 2.07. The number of ether oxygens (including phenoxy) is 1. The minimum atomic E-state index is -0.398. The monoisotopic (exact) mass is 234 g/mol. The molecule has 0 saturated carbocycles. The van der Waals surface area contributed by atoms with Gasteiger partial charge in [-0.2, -0.15) is 10.1 Å². The van der Waals surface area contributed by atoms with E-state index in [1.807, 2.05) is 0 Å². The molecule has 0 spiro atoms. The van der Waals surface area contributed by atoms with Crippen LogP contribution in [0.4, 0.5) is 5.95 Å². The minimum absolute atomic E-state index is 0.0139. The van der Waals surface area contributed by atoms with E-state index in [-0.39, 0.29) is 24.1 Å². The second kappa shape index (κ2) is 4.97. The van der Waals surface area contributed by atoms with Crippen molar-refractivity contribution in [3.05, 3.63) is 30.6 Å². The summed E-state index contributed by atoms with van der Waals surface area (Å²) in [4.78, 5) is 15.1. The first-order valence-corrected chi connectivity index (χ1v) is 4.82. The first kappa shape index (κ1) is 10.9. The van der Waals surface area contributed by atoms with E-state index >= 15 is 0 Å². The number of phenols is 1. The standard InChI is InChI=1S/C10H10N4O3/c15-7-3-1-2-4-8(7)17-5-9(16)13-10-11-6-12-14-10/h1-4,6,15H,5H2,(H2,11,12,13,14,16). The number of anilines is 1. The van der Waals surface area contributed by atoms with Crippen molar-refractivity contribution in [2.24, 2.45) is 0 Å². The van der Waals surface area contributed by atoms with Gasteiger partial charge in [0, 0.05) is 0 Å². The summed E-state index contributed by atoms with van der Waals surface area (Å²) in [5.74, 6) is 0.0843. The molecule has 2 rings (SSSR count). The second-order valence-corrected chi connectivity index (χ2v) is 3.14. The number of carbonyl (C=O) groups is 1. The second-order valence-electron chi connectivity index (χ2n) is 3.14. The van der Waals surface area contributed by atoms with Crippen LogP contribution in [0.25, 0.3) is 0 Å². The lowest BCUT2D eigenvalue weighted by atomic mass is 10.3. The van der Waals surface area contributed by atoms with Crippen LogP contribution >= 0.6 is 0 Å². The number of nitrogens with one attached hydrogen (secondary N) is 2. The fourth-order valence-corrected chi connectivity index (χ4v) is 1.16. The molecule has 2 aromatic rings. The van der Waals surface area contributed by atoms with E-state index in [0.29, 0.717) is 0 Å². The van der Waals surface area contributed by atoms with Crippen molar-refractivity contribution in [3.63, 3.8) is 0 Å². The van der Waals surface area contributed by atoms with Gasteiger partial charge in [-0.15, -0.1) is 0 Å². The predicted molar refractivity (Wildman–Crippen MR) is 58.6 cm³/mol. The Bertz CT molecular complexity index is 498. The number of para-hydroxylation sites is 2. The number of hydrogen-bond acceptors (Lipinski definition) is 5. The zero-order valence-electron chi connectivity index (χ0n) is 8.75. The van der Waals surface area contributed by atoms with Gasteiger partial charge in [0.1, 0.15) is 6.33 Å². The number of aromatic hydroxyl groups is 1. The van der Waals surface area contributed by atoms with Gasteiger partial charge in [0.15, 0.2) is 18.1 Å². The van der Waals surface area contributed by atoms with Gasteiger partial charge in [0.2, 0.25) is 5.95 Å². The van der Waals surface area contributed by atoms with Crippen LogP contribution in [-0.2, 0) is 4.79 Å². The lowest BCUT2D eigenvalue weighted by Gasteiger charge is -2.06. The van der Waals surface area contributed by atoms with Crippen molar-refractivity contribution in [1.82, 2.24) is 15.2 Å². The molecule has 0 radical (unpaired) electrons. The predicted octanol–water partition coefficient (Wildman–Crippen LogP) is 0.528. The van der Waals surface area contributed by atoms with Crippen molar-refractivity contribution in [1.29, 1.82) is 0 Å². The van der Waals surface area contributed by atoms with Crippen molar-refractivity contribution >= 4 is 11.9 Å². The van der Waals surface area contributed by atoms with Gasteiger partial charge in [-0.3, -0.25) is 10.1 Å². The van der Waals surface area contributed by atoms with Gasteiger partial charge >= 0.3 is 0 Å². The summed E-state index contributed by atoms with van der Waals surface area (Å²) in [7, 11) is 0. The SMILES string of the molecule is O=C(COc1ccccc1O)Nc1ncn[nH]1. The molecule has 0 fully saturated rings. The van der Waals surface area contributed by atoms with E-state index < -0.39 is 5.91 Å². The fraction of sp³-hybridized carbons (Fsp3) is 0.100. The normalized spacial score (nSPS) is 9.88. The molecular weight excluding hydrogens is 224 g/mol. The van der Waals surface area contributed by atoms with Crippen LogP contribution < -0.4 is 10.1 Å². The zero-order valence-corrected chi connectivity index (χ0v) is 8.75. The summed E-state index contributed by atoms with van der Waals surface area (Å²) in [5, 5.41) is 17.9. The maximum atomic E-state index is 11.4. The fourth-order valence-electron chi connectivity index (χ4n) is 1.16. The van der Waals surface area contributed by atoms with E-state index in [9.17, 15) is 9.90 Å². The third kappa shape index (κ3) is 2.94. The van der Waals surface area contributed by atoms with Gasteiger partial charge in [0.25, 0.3) is 5.91 Å². The van der Waals surface area contributed by atoms with Gasteiger partial charge in [-0.25, -0.2) is 5.10 Å². The van der Waals surface area contributed by atoms with E-state index in [0.717, 1.165) is 0 Å². The summed E-state index contributed by atoms with van der Waals surface area (Å²) in [5.41, 5.74) is 0. The molecule has 17 heavy (non-hydrogen) atoms. The van der Waals surface area contributed by atoms with Crippen molar-refractivity contribution < 1.29 is 14.6 Å². The molecule has 0 aliphatic heterocycles.